The number of sulfonamides is 1. The Hall–Kier alpha value is -1.77. The van der Waals surface area contributed by atoms with Crippen molar-refractivity contribution in [3.05, 3.63) is 40.4 Å². The molecule has 25 heavy (non-hydrogen) atoms. The summed E-state index contributed by atoms with van der Waals surface area (Å²) in [6.45, 7) is 4.96. The largest absolute Gasteiger partial charge is 0.298 e. The van der Waals surface area contributed by atoms with Gasteiger partial charge < -0.3 is 0 Å². The summed E-state index contributed by atoms with van der Waals surface area (Å²) >= 11 is 1.42. The van der Waals surface area contributed by atoms with Crippen LogP contribution in [0.3, 0.4) is 0 Å². The first-order valence-electron chi connectivity index (χ1n) is 8.23. The lowest BCUT2D eigenvalue weighted by atomic mass is 10.2. The van der Waals surface area contributed by atoms with Gasteiger partial charge in [0.15, 0.2) is 5.13 Å². The molecule has 1 amide bonds. The summed E-state index contributed by atoms with van der Waals surface area (Å²) in [5.41, 5.74) is 1.30. The molecule has 1 saturated heterocycles. The smallest absolute Gasteiger partial charge is 0.257 e. The van der Waals surface area contributed by atoms with Crippen LogP contribution in [0.4, 0.5) is 5.13 Å². The first-order chi connectivity index (χ1) is 11.9. The van der Waals surface area contributed by atoms with Gasteiger partial charge >= 0.3 is 0 Å². The number of anilines is 1. The van der Waals surface area contributed by atoms with Gasteiger partial charge in [-0.05, 0) is 51.0 Å². The molecule has 0 atom stereocenters. The number of nitrogens with zero attached hydrogens (tertiary/aromatic N) is 2. The van der Waals surface area contributed by atoms with Gasteiger partial charge in [0.2, 0.25) is 10.0 Å². The van der Waals surface area contributed by atoms with Crippen molar-refractivity contribution in [3.63, 3.8) is 0 Å². The average Bonchev–Trinajstić information content (AvgIpc) is 2.93. The summed E-state index contributed by atoms with van der Waals surface area (Å²) in [4.78, 5) is 17.9. The summed E-state index contributed by atoms with van der Waals surface area (Å²) in [5.74, 6) is -0.296. The van der Waals surface area contributed by atoms with Crippen LogP contribution in [0.15, 0.2) is 29.2 Å². The number of carbonyl (C=O) groups is 1. The van der Waals surface area contributed by atoms with E-state index in [1.54, 1.807) is 12.1 Å². The van der Waals surface area contributed by atoms with Gasteiger partial charge in [0.1, 0.15) is 0 Å². The van der Waals surface area contributed by atoms with E-state index in [9.17, 15) is 13.2 Å². The standard InChI is InChI=1S/C17H21N3O3S2/c1-12-13(2)24-17(18-12)19-16(21)14-6-8-15(9-7-14)25(22,23)20-10-4-3-5-11-20/h6-9H,3-5,10-11H2,1-2H3,(H,18,19,21). The molecule has 0 spiro atoms. The molecule has 2 heterocycles. The van der Waals surface area contributed by atoms with E-state index in [4.69, 9.17) is 0 Å². The van der Waals surface area contributed by atoms with Crippen molar-refractivity contribution in [2.24, 2.45) is 0 Å². The number of thiazole rings is 1. The second-order valence-electron chi connectivity index (χ2n) is 6.10. The minimum Gasteiger partial charge on any atom is -0.298 e. The topological polar surface area (TPSA) is 79.4 Å². The van der Waals surface area contributed by atoms with Crippen molar-refractivity contribution < 1.29 is 13.2 Å². The van der Waals surface area contributed by atoms with E-state index in [1.165, 1.54) is 27.8 Å². The van der Waals surface area contributed by atoms with Crippen LogP contribution in [-0.4, -0.2) is 36.7 Å². The Morgan fingerprint density at radius 3 is 2.32 bits per heavy atom. The van der Waals surface area contributed by atoms with Gasteiger partial charge in [0.05, 0.1) is 10.6 Å². The lowest BCUT2D eigenvalue weighted by Gasteiger charge is -2.25. The Balaban J connectivity index is 1.74. The van der Waals surface area contributed by atoms with Crippen LogP contribution in [0.5, 0.6) is 0 Å². The summed E-state index contributed by atoms with van der Waals surface area (Å²) in [7, 11) is -3.47. The number of amides is 1. The molecule has 1 aliphatic rings. The van der Waals surface area contributed by atoms with Gasteiger partial charge in [-0.3, -0.25) is 10.1 Å². The Kier molecular flexibility index (Phi) is 5.21. The fourth-order valence-corrected chi connectivity index (χ4v) is 5.05. The predicted molar refractivity (Wildman–Crippen MR) is 98.6 cm³/mol. The lowest BCUT2D eigenvalue weighted by molar-refractivity contribution is 0.102. The van der Waals surface area contributed by atoms with Crippen molar-refractivity contribution in [2.75, 3.05) is 18.4 Å². The highest BCUT2D eigenvalue weighted by molar-refractivity contribution is 7.89. The SMILES string of the molecule is Cc1nc(NC(=O)c2ccc(S(=O)(=O)N3CCCCC3)cc2)sc1C. The highest BCUT2D eigenvalue weighted by Gasteiger charge is 2.26. The van der Waals surface area contributed by atoms with Crippen molar-refractivity contribution >= 4 is 32.4 Å². The van der Waals surface area contributed by atoms with E-state index in [1.807, 2.05) is 13.8 Å². The minimum atomic E-state index is -3.47. The van der Waals surface area contributed by atoms with Crippen LogP contribution in [0.25, 0.3) is 0 Å². The van der Waals surface area contributed by atoms with Crippen LogP contribution in [0, 0.1) is 13.8 Å². The summed E-state index contributed by atoms with van der Waals surface area (Å²) < 4.78 is 26.8. The van der Waals surface area contributed by atoms with Gasteiger partial charge in [-0.1, -0.05) is 6.42 Å². The third-order valence-corrected chi connectivity index (χ3v) is 7.22. The Bertz CT molecular complexity index is 848. The number of carbonyl (C=O) groups excluding carboxylic acids is 1. The molecular weight excluding hydrogens is 358 g/mol. The van der Waals surface area contributed by atoms with E-state index in [0.717, 1.165) is 29.8 Å². The summed E-state index contributed by atoms with van der Waals surface area (Å²) in [6.07, 6.45) is 2.86. The van der Waals surface area contributed by atoms with Gasteiger partial charge in [-0.15, -0.1) is 11.3 Å². The average molecular weight is 380 g/mol. The number of aromatic nitrogens is 1. The minimum absolute atomic E-state index is 0.229. The molecule has 0 bridgehead atoms. The predicted octanol–water partition coefficient (Wildman–Crippen LogP) is 3.19. The molecule has 3 rings (SSSR count). The third-order valence-electron chi connectivity index (χ3n) is 4.32. The fourth-order valence-electron chi connectivity index (χ4n) is 2.73. The molecular formula is C17H21N3O3S2. The zero-order valence-electron chi connectivity index (χ0n) is 14.3. The molecule has 1 aromatic heterocycles. The molecule has 1 N–H and O–H groups in total. The number of aryl methyl sites for hydroxylation is 2. The molecule has 2 aromatic rings. The second kappa shape index (κ2) is 7.23. The third kappa shape index (κ3) is 3.91. The molecule has 1 aliphatic heterocycles. The van der Waals surface area contributed by atoms with Crippen LogP contribution in [0.2, 0.25) is 0 Å². The number of nitrogens with one attached hydrogen (secondary N) is 1. The van der Waals surface area contributed by atoms with E-state index >= 15 is 0 Å². The Morgan fingerprint density at radius 2 is 1.76 bits per heavy atom. The first kappa shape index (κ1) is 18.0. The van der Waals surface area contributed by atoms with E-state index < -0.39 is 10.0 Å². The van der Waals surface area contributed by atoms with E-state index in [0.29, 0.717) is 23.8 Å². The molecule has 0 radical (unpaired) electrons. The Labute approximate surface area is 151 Å². The second-order valence-corrected chi connectivity index (χ2v) is 9.24. The maximum absolute atomic E-state index is 12.6. The monoisotopic (exact) mass is 379 g/mol. The van der Waals surface area contributed by atoms with Crippen molar-refractivity contribution in [3.8, 4) is 0 Å². The fraction of sp³-hybridized carbons (Fsp3) is 0.412. The van der Waals surface area contributed by atoms with Gasteiger partial charge in [0, 0.05) is 23.5 Å². The molecule has 0 aliphatic carbocycles. The summed E-state index contributed by atoms with van der Waals surface area (Å²) in [5, 5.41) is 3.30. The number of rotatable bonds is 4. The number of hydrogen-bond donors (Lipinski definition) is 1. The molecule has 6 nitrogen and oxygen atoms in total. The van der Waals surface area contributed by atoms with Gasteiger partial charge in [-0.2, -0.15) is 4.31 Å². The van der Waals surface area contributed by atoms with E-state index in [-0.39, 0.29) is 10.8 Å². The van der Waals surface area contributed by atoms with E-state index in [2.05, 4.69) is 10.3 Å². The zero-order chi connectivity index (χ0) is 18.0. The highest BCUT2D eigenvalue weighted by atomic mass is 32.2. The van der Waals surface area contributed by atoms with Gasteiger partial charge in [-0.25, -0.2) is 13.4 Å². The normalized spacial score (nSPS) is 15.9. The molecule has 134 valence electrons. The molecule has 0 unspecified atom stereocenters. The van der Waals surface area contributed by atoms with Crippen LogP contribution < -0.4 is 5.32 Å². The number of hydrogen-bond acceptors (Lipinski definition) is 5. The molecule has 0 saturated carbocycles. The van der Waals surface area contributed by atoms with Crippen LogP contribution >= 0.6 is 11.3 Å². The van der Waals surface area contributed by atoms with Crippen LogP contribution in [0.1, 0.15) is 40.2 Å². The maximum atomic E-state index is 12.6. The Morgan fingerprint density at radius 1 is 1.12 bits per heavy atom. The van der Waals surface area contributed by atoms with Crippen molar-refractivity contribution in [1.29, 1.82) is 0 Å². The molecule has 1 aromatic carbocycles. The molecule has 8 heteroatoms. The number of piperidine rings is 1. The van der Waals surface area contributed by atoms with Crippen molar-refractivity contribution in [1.82, 2.24) is 9.29 Å². The van der Waals surface area contributed by atoms with Gasteiger partial charge in [0.25, 0.3) is 5.91 Å². The quantitative estimate of drug-likeness (QED) is 0.885. The summed E-state index contributed by atoms with van der Waals surface area (Å²) in [6, 6.07) is 6.08. The highest BCUT2D eigenvalue weighted by Crippen LogP contribution is 2.23. The lowest BCUT2D eigenvalue weighted by Crippen LogP contribution is -2.35. The van der Waals surface area contributed by atoms with Crippen LogP contribution in [-0.2, 0) is 10.0 Å². The molecule has 1 fully saturated rings. The van der Waals surface area contributed by atoms with Crippen molar-refractivity contribution in [2.45, 2.75) is 38.0 Å². The first-order valence-corrected chi connectivity index (χ1v) is 10.5. The number of benzene rings is 1. The zero-order valence-corrected chi connectivity index (χ0v) is 15.9. The maximum Gasteiger partial charge on any atom is 0.257 e.